The zero-order valence-electron chi connectivity index (χ0n) is 24.7. The molecule has 2 fully saturated rings. The molecule has 0 spiro atoms. The van der Waals surface area contributed by atoms with Gasteiger partial charge < -0.3 is 29.6 Å². The van der Waals surface area contributed by atoms with Crippen LogP contribution in [0.4, 0.5) is 11.4 Å². The molecule has 2 aliphatic rings. The average Bonchev–Trinajstić information content (AvgIpc) is 3.48. The summed E-state index contributed by atoms with van der Waals surface area (Å²) in [5, 5.41) is 4.27. The molecule has 0 saturated carbocycles. The second-order valence-corrected chi connectivity index (χ2v) is 11.6. The number of piperidine rings is 1. The fourth-order valence-electron chi connectivity index (χ4n) is 5.84. The fraction of sp³-hybridized carbons (Fsp3) is 0.406. The van der Waals surface area contributed by atoms with Gasteiger partial charge in [0.25, 0.3) is 0 Å². The molecule has 10 nitrogen and oxygen atoms in total. The number of amides is 1. The van der Waals surface area contributed by atoms with Crippen molar-refractivity contribution < 1.29 is 14.3 Å². The van der Waals surface area contributed by atoms with Crippen molar-refractivity contribution >= 4 is 40.0 Å². The number of imidazole rings is 1. The first-order valence-corrected chi connectivity index (χ1v) is 15.2. The van der Waals surface area contributed by atoms with Crippen LogP contribution in [0.3, 0.4) is 0 Å². The Morgan fingerprint density at radius 2 is 1.79 bits per heavy atom. The average molecular weight is 604 g/mol. The van der Waals surface area contributed by atoms with Gasteiger partial charge in [-0.25, -0.2) is 9.97 Å². The van der Waals surface area contributed by atoms with Crippen molar-refractivity contribution in [2.45, 2.75) is 25.4 Å². The van der Waals surface area contributed by atoms with Gasteiger partial charge in [-0.1, -0.05) is 23.7 Å². The first-order chi connectivity index (χ1) is 21.0. The number of ether oxygens (including phenoxy) is 2. The second-order valence-electron chi connectivity index (χ2n) is 11.2. The number of carbonyl (C=O) groups excluding carboxylic acids is 1. The predicted molar refractivity (Wildman–Crippen MR) is 170 cm³/mol. The Hall–Kier alpha value is -3.86. The van der Waals surface area contributed by atoms with Gasteiger partial charge in [-0.2, -0.15) is 0 Å². The highest BCUT2D eigenvalue weighted by Gasteiger charge is 2.25. The molecule has 2 aromatic heterocycles. The van der Waals surface area contributed by atoms with E-state index in [1.807, 2.05) is 41.3 Å². The summed E-state index contributed by atoms with van der Waals surface area (Å²) in [5.74, 6) is 1.73. The molecule has 0 bridgehead atoms. The number of carbonyl (C=O) groups is 1. The Morgan fingerprint density at radius 3 is 2.49 bits per heavy atom. The van der Waals surface area contributed by atoms with Crippen LogP contribution in [0.1, 0.15) is 18.4 Å². The Balaban J connectivity index is 1.09. The van der Waals surface area contributed by atoms with Crippen LogP contribution in [-0.4, -0.2) is 96.8 Å². The van der Waals surface area contributed by atoms with Crippen molar-refractivity contribution in [3.8, 4) is 17.1 Å². The first-order valence-electron chi connectivity index (χ1n) is 14.8. The summed E-state index contributed by atoms with van der Waals surface area (Å²) in [5.41, 5.74) is 5.53. The number of piperazine rings is 1. The van der Waals surface area contributed by atoms with E-state index in [4.69, 9.17) is 26.1 Å². The van der Waals surface area contributed by atoms with Crippen LogP contribution >= 0.6 is 11.6 Å². The maximum Gasteiger partial charge on any atom is 0.242 e. The van der Waals surface area contributed by atoms with Crippen LogP contribution in [-0.2, 0) is 16.1 Å². The molecule has 6 rings (SSSR count). The lowest BCUT2D eigenvalue weighted by Gasteiger charge is -2.35. The highest BCUT2D eigenvalue weighted by Crippen LogP contribution is 2.33. The number of benzene rings is 2. The molecule has 43 heavy (non-hydrogen) atoms. The fourth-order valence-corrected chi connectivity index (χ4v) is 6.03. The van der Waals surface area contributed by atoms with Crippen molar-refractivity contribution in [3.63, 3.8) is 0 Å². The molecule has 1 amide bonds. The van der Waals surface area contributed by atoms with E-state index >= 15 is 0 Å². The molecule has 2 N–H and O–H groups in total. The SMILES string of the molecule is COCCN1CCN(c2ccc(-c3nc4ncc(Cl)c(NC5CCN(Cc6ccc(OC)cc6)CC5)c4[nH]3)cc2)CC1=O. The summed E-state index contributed by atoms with van der Waals surface area (Å²) in [6, 6.07) is 16.7. The normalized spacial score (nSPS) is 16.7. The first kappa shape index (κ1) is 29.2. The standard InChI is InChI=1S/C32H38ClN7O3/c1-42-18-17-39-15-16-40(21-28(39)41)25-7-5-23(6-8-25)31-36-30-29(27(33)19-34-32(30)37-31)35-24-11-13-38(14-12-24)20-22-3-9-26(43-2)10-4-22/h3-10,19,24H,11-18,20-21H2,1-2H3,(H2,34,35,36,37). The Morgan fingerprint density at radius 1 is 1.02 bits per heavy atom. The van der Waals surface area contributed by atoms with Gasteiger partial charge in [0.2, 0.25) is 5.91 Å². The number of hydrogen-bond donors (Lipinski definition) is 2. The molecular formula is C32H38ClN7O3. The van der Waals surface area contributed by atoms with E-state index in [9.17, 15) is 4.79 Å². The number of anilines is 2. The van der Waals surface area contributed by atoms with E-state index in [-0.39, 0.29) is 5.91 Å². The van der Waals surface area contributed by atoms with Gasteiger partial charge in [0, 0.05) is 63.7 Å². The molecule has 4 aromatic rings. The molecule has 0 unspecified atom stereocenters. The summed E-state index contributed by atoms with van der Waals surface area (Å²) in [6.45, 7) is 5.97. The van der Waals surface area contributed by atoms with Gasteiger partial charge in [0.05, 0.1) is 37.2 Å². The number of pyridine rings is 1. The van der Waals surface area contributed by atoms with Crippen LogP contribution in [0, 0.1) is 0 Å². The lowest BCUT2D eigenvalue weighted by molar-refractivity contribution is -0.131. The molecule has 226 valence electrons. The quantitative estimate of drug-likeness (QED) is 0.270. The third kappa shape index (κ3) is 6.71. The molecule has 0 atom stereocenters. The minimum atomic E-state index is 0.121. The summed E-state index contributed by atoms with van der Waals surface area (Å²) in [7, 11) is 3.35. The number of methoxy groups -OCH3 is 2. The number of halogens is 1. The minimum absolute atomic E-state index is 0.121. The summed E-state index contributed by atoms with van der Waals surface area (Å²) in [4.78, 5) is 31.8. The Labute approximate surface area is 256 Å². The van der Waals surface area contributed by atoms with E-state index < -0.39 is 0 Å². The molecule has 2 aromatic carbocycles. The highest BCUT2D eigenvalue weighted by molar-refractivity contribution is 6.34. The van der Waals surface area contributed by atoms with Crippen molar-refractivity contribution in [2.75, 3.05) is 70.3 Å². The maximum absolute atomic E-state index is 12.6. The second kappa shape index (κ2) is 13.2. The monoisotopic (exact) mass is 603 g/mol. The van der Waals surface area contributed by atoms with Gasteiger partial charge in [-0.15, -0.1) is 0 Å². The third-order valence-electron chi connectivity index (χ3n) is 8.36. The van der Waals surface area contributed by atoms with Gasteiger partial charge in [-0.05, 0) is 54.8 Å². The number of aromatic nitrogens is 3. The molecule has 2 saturated heterocycles. The smallest absolute Gasteiger partial charge is 0.242 e. The van der Waals surface area contributed by atoms with Crippen molar-refractivity contribution in [3.05, 3.63) is 65.3 Å². The maximum atomic E-state index is 12.6. The minimum Gasteiger partial charge on any atom is -0.497 e. The molecule has 4 heterocycles. The Bertz CT molecular complexity index is 1540. The number of aromatic amines is 1. The lowest BCUT2D eigenvalue weighted by Crippen LogP contribution is -2.51. The highest BCUT2D eigenvalue weighted by atomic mass is 35.5. The number of rotatable bonds is 10. The molecule has 0 radical (unpaired) electrons. The summed E-state index contributed by atoms with van der Waals surface area (Å²) < 4.78 is 10.4. The van der Waals surface area contributed by atoms with Crippen LogP contribution in [0.25, 0.3) is 22.6 Å². The topological polar surface area (TPSA) is 98.8 Å². The van der Waals surface area contributed by atoms with E-state index in [2.05, 4.69) is 37.2 Å². The molecule has 2 aliphatic heterocycles. The van der Waals surface area contributed by atoms with Crippen molar-refractivity contribution in [1.82, 2.24) is 24.8 Å². The number of H-pyrrole nitrogens is 1. The molecular weight excluding hydrogens is 566 g/mol. The number of nitrogens with zero attached hydrogens (tertiary/aromatic N) is 5. The summed E-state index contributed by atoms with van der Waals surface area (Å²) >= 11 is 6.66. The number of hydrogen-bond acceptors (Lipinski definition) is 8. The Kier molecular flexibility index (Phi) is 8.97. The van der Waals surface area contributed by atoms with Crippen LogP contribution in [0.5, 0.6) is 5.75 Å². The van der Waals surface area contributed by atoms with E-state index in [0.717, 1.165) is 73.0 Å². The number of fused-ring (bicyclic) bond motifs is 1. The van der Waals surface area contributed by atoms with E-state index in [0.29, 0.717) is 43.0 Å². The zero-order chi connectivity index (χ0) is 29.8. The lowest BCUT2D eigenvalue weighted by atomic mass is 10.0. The van der Waals surface area contributed by atoms with Crippen molar-refractivity contribution in [2.24, 2.45) is 0 Å². The molecule has 0 aliphatic carbocycles. The number of nitrogens with one attached hydrogen (secondary N) is 2. The van der Waals surface area contributed by atoms with E-state index in [1.54, 1.807) is 20.4 Å². The summed E-state index contributed by atoms with van der Waals surface area (Å²) in [6.07, 6.45) is 3.70. The molecule has 11 heteroatoms. The van der Waals surface area contributed by atoms with Gasteiger partial charge >= 0.3 is 0 Å². The largest absolute Gasteiger partial charge is 0.497 e. The number of likely N-dealkylation sites (tertiary alicyclic amines) is 1. The van der Waals surface area contributed by atoms with E-state index in [1.165, 1.54) is 5.56 Å². The van der Waals surface area contributed by atoms with Gasteiger partial charge in [-0.3, -0.25) is 9.69 Å². The van der Waals surface area contributed by atoms with Crippen LogP contribution in [0.2, 0.25) is 5.02 Å². The van der Waals surface area contributed by atoms with Crippen LogP contribution < -0.4 is 15.0 Å². The predicted octanol–water partition coefficient (Wildman–Crippen LogP) is 4.66. The van der Waals surface area contributed by atoms with Crippen LogP contribution in [0.15, 0.2) is 54.7 Å². The van der Waals surface area contributed by atoms with Gasteiger partial charge in [0.1, 0.15) is 17.1 Å². The third-order valence-corrected chi connectivity index (χ3v) is 8.65. The van der Waals surface area contributed by atoms with Crippen molar-refractivity contribution in [1.29, 1.82) is 0 Å². The zero-order valence-corrected chi connectivity index (χ0v) is 25.4. The van der Waals surface area contributed by atoms with Gasteiger partial charge in [0.15, 0.2) is 5.65 Å².